The van der Waals surface area contributed by atoms with Crippen molar-refractivity contribution in [1.82, 2.24) is 24.1 Å². The van der Waals surface area contributed by atoms with E-state index in [9.17, 15) is 0 Å². The molecule has 0 spiro atoms. The number of aromatic nitrogens is 3. The molecule has 0 N–H and O–H groups in total. The van der Waals surface area contributed by atoms with Crippen LogP contribution >= 0.6 is 23.8 Å². The Morgan fingerprint density at radius 2 is 1.62 bits per heavy atom. The Bertz CT molecular complexity index is 1050. The highest BCUT2D eigenvalue weighted by Gasteiger charge is 2.20. The van der Waals surface area contributed by atoms with Crippen LogP contribution in [0.5, 0.6) is 0 Å². The molecule has 152 valence electrons. The molecule has 0 atom stereocenters. The highest BCUT2D eigenvalue weighted by molar-refractivity contribution is 7.71. The molecule has 1 aromatic heterocycles. The van der Waals surface area contributed by atoms with E-state index in [0.29, 0.717) is 16.5 Å². The van der Waals surface area contributed by atoms with Crippen molar-refractivity contribution in [2.45, 2.75) is 20.1 Å². The topological polar surface area (TPSA) is 29.2 Å². The van der Waals surface area contributed by atoms with E-state index in [1.54, 1.807) is 0 Å². The van der Waals surface area contributed by atoms with E-state index in [1.165, 1.54) is 11.1 Å². The summed E-state index contributed by atoms with van der Waals surface area (Å²) in [6.45, 7) is 8.01. The number of hydrogen-bond donors (Lipinski definition) is 0. The minimum atomic E-state index is 0.688. The van der Waals surface area contributed by atoms with Gasteiger partial charge in [0.05, 0.1) is 11.7 Å². The lowest BCUT2D eigenvalue weighted by Gasteiger charge is -2.34. The first kappa shape index (κ1) is 20.3. The molecule has 1 aliphatic rings. The second-order valence-corrected chi connectivity index (χ2v) is 8.38. The third-order valence-electron chi connectivity index (χ3n) is 5.61. The van der Waals surface area contributed by atoms with Gasteiger partial charge < -0.3 is 4.57 Å². The Labute approximate surface area is 182 Å². The molecule has 29 heavy (non-hydrogen) atoms. The van der Waals surface area contributed by atoms with Crippen molar-refractivity contribution < 1.29 is 0 Å². The minimum absolute atomic E-state index is 0.688. The first-order valence-corrected chi connectivity index (χ1v) is 10.7. The second kappa shape index (κ2) is 8.79. The van der Waals surface area contributed by atoms with Crippen molar-refractivity contribution >= 4 is 23.8 Å². The summed E-state index contributed by atoms with van der Waals surface area (Å²) < 4.78 is 4.55. The van der Waals surface area contributed by atoms with Crippen molar-refractivity contribution in [3.05, 3.63) is 69.5 Å². The van der Waals surface area contributed by atoms with E-state index < -0.39 is 0 Å². The van der Waals surface area contributed by atoms with Gasteiger partial charge in [-0.2, -0.15) is 5.10 Å². The number of nitrogens with zero attached hydrogens (tertiary/aromatic N) is 5. The molecule has 0 aliphatic carbocycles. The summed E-state index contributed by atoms with van der Waals surface area (Å²) in [6.07, 6.45) is 0. The van der Waals surface area contributed by atoms with Crippen LogP contribution in [0.25, 0.3) is 11.4 Å². The smallest absolute Gasteiger partial charge is 0.199 e. The average Bonchev–Trinajstić information content (AvgIpc) is 3.00. The monoisotopic (exact) mass is 427 g/mol. The highest BCUT2D eigenvalue weighted by atomic mass is 35.5. The van der Waals surface area contributed by atoms with Crippen LogP contribution in [0.1, 0.15) is 11.1 Å². The average molecular weight is 428 g/mol. The van der Waals surface area contributed by atoms with Crippen molar-refractivity contribution in [3.63, 3.8) is 0 Å². The molecule has 7 heteroatoms. The normalized spacial score (nSPS) is 15.7. The summed E-state index contributed by atoms with van der Waals surface area (Å²) in [4.78, 5) is 4.93. The molecule has 5 nitrogen and oxygen atoms in total. The van der Waals surface area contributed by atoms with E-state index >= 15 is 0 Å². The zero-order chi connectivity index (χ0) is 20.4. The van der Waals surface area contributed by atoms with E-state index in [4.69, 9.17) is 28.9 Å². The molecule has 2 aromatic carbocycles. The summed E-state index contributed by atoms with van der Waals surface area (Å²) in [7, 11) is 1.95. The predicted molar refractivity (Wildman–Crippen MR) is 121 cm³/mol. The van der Waals surface area contributed by atoms with Crippen LogP contribution in [-0.2, 0) is 20.3 Å². The maximum atomic E-state index is 6.37. The molecular formula is C22H26ClN5S. The Morgan fingerprint density at radius 3 is 2.34 bits per heavy atom. The summed E-state index contributed by atoms with van der Waals surface area (Å²) in [5.74, 6) is 0.804. The number of piperazine rings is 1. The maximum Gasteiger partial charge on any atom is 0.199 e. The van der Waals surface area contributed by atoms with Gasteiger partial charge in [-0.05, 0) is 42.4 Å². The molecule has 0 radical (unpaired) electrons. The fourth-order valence-electron chi connectivity index (χ4n) is 3.76. The SMILES string of the molecule is Cc1ccccc1CN1CCN(Cn2nc(-c3ccccc3Cl)n(C)c2=S)CC1. The van der Waals surface area contributed by atoms with Gasteiger partial charge in [0.25, 0.3) is 0 Å². The Hall–Kier alpha value is -1.99. The van der Waals surface area contributed by atoms with Gasteiger partial charge in [0.1, 0.15) is 0 Å². The number of halogens is 1. The molecule has 0 amide bonds. The van der Waals surface area contributed by atoms with Gasteiger partial charge in [0, 0.05) is 45.3 Å². The van der Waals surface area contributed by atoms with Crippen LogP contribution in [0.2, 0.25) is 5.02 Å². The van der Waals surface area contributed by atoms with Crippen molar-refractivity contribution in [1.29, 1.82) is 0 Å². The molecule has 1 fully saturated rings. The van der Waals surface area contributed by atoms with Gasteiger partial charge in [-0.3, -0.25) is 9.80 Å². The molecule has 0 saturated carbocycles. The van der Waals surface area contributed by atoms with E-state index in [-0.39, 0.29) is 0 Å². The van der Waals surface area contributed by atoms with Gasteiger partial charge in [-0.25, -0.2) is 4.68 Å². The number of rotatable bonds is 5. The molecule has 4 rings (SSSR count). The molecule has 1 aliphatic heterocycles. The third kappa shape index (κ3) is 4.46. The Morgan fingerprint density at radius 1 is 0.966 bits per heavy atom. The van der Waals surface area contributed by atoms with Crippen molar-refractivity contribution in [3.8, 4) is 11.4 Å². The van der Waals surface area contributed by atoms with E-state index in [1.807, 2.05) is 40.6 Å². The van der Waals surface area contributed by atoms with Crippen LogP contribution in [0.3, 0.4) is 0 Å². The van der Waals surface area contributed by atoms with Crippen LogP contribution in [0.4, 0.5) is 0 Å². The van der Waals surface area contributed by atoms with Crippen LogP contribution in [-0.4, -0.2) is 50.3 Å². The second-order valence-electron chi connectivity index (χ2n) is 7.61. The lowest BCUT2D eigenvalue weighted by atomic mass is 10.1. The maximum absolute atomic E-state index is 6.37. The van der Waals surface area contributed by atoms with E-state index in [2.05, 4.69) is 41.0 Å². The summed E-state index contributed by atoms with van der Waals surface area (Å²) >= 11 is 12.0. The number of hydrogen-bond acceptors (Lipinski definition) is 4. The largest absolute Gasteiger partial charge is 0.303 e. The summed E-state index contributed by atoms with van der Waals surface area (Å²) in [5, 5.41) is 5.46. The highest BCUT2D eigenvalue weighted by Crippen LogP contribution is 2.26. The van der Waals surface area contributed by atoms with Gasteiger partial charge in [-0.1, -0.05) is 48.0 Å². The van der Waals surface area contributed by atoms with Crippen LogP contribution in [0, 0.1) is 11.7 Å². The van der Waals surface area contributed by atoms with Crippen molar-refractivity contribution in [2.75, 3.05) is 26.2 Å². The molecule has 1 saturated heterocycles. The fraction of sp³-hybridized carbons (Fsp3) is 0.364. The molecule has 2 heterocycles. The Balaban J connectivity index is 1.41. The summed E-state index contributed by atoms with van der Waals surface area (Å²) in [6, 6.07) is 16.4. The first-order valence-electron chi connectivity index (χ1n) is 9.91. The van der Waals surface area contributed by atoms with Crippen LogP contribution < -0.4 is 0 Å². The molecular weight excluding hydrogens is 402 g/mol. The minimum Gasteiger partial charge on any atom is -0.303 e. The summed E-state index contributed by atoms with van der Waals surface area (Å²) in [5.41, 5.74) is 3.68. The van der Waals surface area contributed by atoms with Crippen molar-refractivity contribution in [2.24, 2.45) is 7.05 Å². The Kier molecular flexibility index (Phi) is 6.15. The molecule has 0 bridgehead atoms. The molecule has 3 aromatic rings. The predicted octanol–water partition coefficient (Wildman–Crippen LogP) is 4.36. The van der Waals surface area contributed by atoms with E-state index in [0.717, 1.165) is 44.1 Å². The standard InChI is InChI=1S/C22H26ClN5S/c1-17-7-3-4-8-18(17)15-26-11-13-27(14-12-26)16-28-22(29)25(2)21(24-28)19-9-5-6-10-20(19)23/h3-10H,11-16H2,1-2H3. The quantitative estimate of drug-likeness (QED) is 0.566. The van der Waals surface area contributed by atoms with Crippen LogP contribution in [0.15, 0.2) is 48.5 Å². The zero-order valence-corrected chi connectivity index (χ0v) is 18.5. The lowest BCUT2D eigenvalue weighted by Crippen LogP contribution is -2.46. The van der Waals surface area contributed by atoms with Gasteiger partial charge in [0.2, 0.25) is 0 Å². The molecule has 0 unspecified atom stereocenters. The number of benzene rings is 2. The zero-order valence-electron chi connectivity index (χ0n) is 16.9. The first-order chi connectivity index (χ1) is 14.0. The van der Waals surface area contributed by atoms with Gasteiger partial charge >= 0.3 is 0 Å². The van der Waals surface area contributed by atoms with Gasteiger partial charge in [-0.15, -0.1) is 0 Å². The fourth-order valence-corrected chi connectivity index (χ4v) is 4.17. The van der Waals surface area contributed by atoms with Gasteiger partial charge in [0.15, 0.2) is 10.6 Å². The lowest BCUT2D eigenvalue weighted by molar-refractivity contribution is 0.0980. The number of aryl methyl sites for hydroxylation is 1. The third-order valence-corrected chi connectivity index (χ3v) is 6.42.